The Morgan fingerprint density at radius 3 is 1.36 bits per heavy atom. The van der Waals surface area contributed by atoms with Crippen LogP contribution in [0, 0.1) is 47.3 Å². The third-order valence-electron chi connectivity index (χ3n) is 16.7. The van der Waals surface area contributed by atoms with Crippen LogP contribution >= 0.6 is 0 Å². The van der Waals surface area contributed by atoms with Crippen LogP contribution in [0.3, 0.4) is 0 Å². The zero-order valence-electron chi connectivity index (χ0n) is 57.1. The summed E-state index contributed by atoms with van der Waals surface area (Å²) >= 11 is 0. The van der Waals surface area contributed by atoms with Crippen LogP contribution in [-0.2, 0) is 52.7 Å². The van der Waals surface area contributed by atoms with E-state index < -0.39 is 138 Å². The SMILES string of the molecule is C/C=C/C[C@@H](C)[C@H](O)C(C(=O)N[C@@H](CC)C(=O)N(C)CC(=O)N(C)[C@H](C(N)=O)C(C)CC)N(C)C(=O)[C@H](C(C)C)N(C)C(=O)[C@@H](CC(C)C)N(C)C(=O)[C@@H](CC(C)C)N(C)C(=O)[C@H](C)NC(=O)[C@@H](CC(C)C)NC(=O)[C@H](C)N(C)C(=O)[C@H](C)C(C)C. The van der Waals surface area contributed by atoms with E-state index in [1.807, 2.05) is 62.3 Å². The molecule has 0 aromatic carbocycles. The van der Waals surface area contributed by atoms with Crippen molar-refractivity contribution in [3.63, 3.8) is 0 Å². The molecule has 0 spiro atoms. The first-order valence-corrected chi connectivity index (χ1v) is 30.9. The van der Waals surface area contributed by atoms with Crippen molar-refractivity contribution in [3.8, 4) is 0 Å². The lowest BCUT2D eigenvalue weighted by atomic mass is 9.91. The van der Waals surface area contributed by atoms with Crippen LogP contribution in [-0.4, -0.2) is 221 Å². The summed E-state index contributed by atoms with van der Waals surface area (Å²) in [6, 6.07) is -10.4. The van der Waals surface area contributed by atoms with Crippen molar-refractivity contribution < 1.29 is 57.8 Å². The minimum absolute atomic E-state index is 0.0402. The van der Waals surface area contributed by atoms with Gasteiger partial charge in [0.1, 0.15) is 54.4 Å². The van der Waals surface area contributed by atoms with Gasteiger partial charge >= 0.3 is 0 Å². The number of carbonyl (C=O) groups excluding carboxylic acids is 11. The highest BCUT2D eigenvalue weighted by molar-refractivity contribution is 5.99. The average molecular weight is 1220 g/mol. The van der Waals surface area contributed by atoms with Crippen LogP contribution in [0.2, 0.25) is 0 Å². The summed E-state index contributed by atoms with van der Waals surface area (Å²) in [6.07, 6.45) is 3.55. The van der Waals surface area contributed by atoms with Crippen LogP contribution in [0.15, 0.2) is 12.2 Å². The number of allylic oxidation sites excluding steroid dienone is 2. The predicted octanol–water partition coefficient (Wildman–Crippen LogP) is 3.89. The number of amides is 11. The van der Waals surface area contributed by atoms with Gasteiger partial charge in [0.2, 0.25) is 65.0 Å². The first-order chi connectivity index (χ1) is 39.6. The minimum Gasteiger partial charge on any atom is -0.390 e. The molecule has 0 aromatic rings. The standard InChI is InChI=1S/C63H115N11O12/c1-26-29-30-41(15)53(76)52(57(80)66-45(28-3)60(83)68(19)34-49(75)72(23)51(54(64)77)40(14)27-2)74(25)63(86)50(39(12)13)73(24)62(85)48(33-37(8)9)71(22)61(84)47(32-36(6)7)70(21)59(82)43(17)65-56(79)46(31-35(4)5)67-55(78)44(18)69(20)58(81)42(16)38(10)11/h26,29,35-48,50-53,76H,27-28,30-34H2,1-25H3,(H2,64,77)(H,65,79)(H,66,80)(H,67,78)/b29-26+/t40?,41-,42-,43+,44+,45+,46-,47-,48-,50+,51+,52?,53+/m1/s1. The molecule has 13 atom stereocenters. The summed E-state index contributed by atoms with van der Waals surface area (Å²) in [5.41, 5.74) is 5.66. The fourth-order valence-corrected chi connectivity index (χ4v) is 10.4. The van der Waals surface area contributed by atoms with Crippen LogP contribution in [0.1, 0.15) is 163 Å². The molecular weight excluding hydrogens is 1100 g/mol. The lowest BCUT2D eigenvalue weighted by molar-refractivity contribution is -0.157. The normalized spacial score (nSPS) is 16.3. The molecule has 0 saturated heterocycles. The maximum Gasteiger partial charge on any atom is 0.246 e. The number of rotatable bonds is 36. The smallest absolute Gasteiger partial charge is 0.246 e. The molecule has 494 valence electrons. The Bertz CT molecular complexity index is 2310. The summed E-state index contributed by atoms with van der Waals surface area (Å²) in [5, 5.41) is 20.3. The van der Waals surface area contributed by atoms with Gasteiger partial charge in [-0.25, -0.2) is 0 Å². The molecule has 0 aliphatic rings. The van der Waals surface area contributed by atoms with Crippen molar-refractivity contribution in [1.29, 1.82) is 0 Å². The minimum atomic E-state index is -1.60. The summed E-state index contributed by atoms with van der Waals surface area (Å²) < 4.78 is 0. The first-order valence-electron chi connectivity index (χ1n) is 30.9. The fraction of sp³-hybridized carbons (Fsp3) is 0.794. The first kappa shape index (κ1) is 79.9. The number of hydrogen-bond acceptors (Lipinski definition) is 12. The molecule has 0 aliphatic heterocycles. The van der Waals surface area contributed by atoms with Crippen molar-refractivity contribution in [1.82, 2.24) is 50.2 Å². The van der Waals surface area contributed by atoms with Gasteiger partial charge in [0.15, 0.2) is 0 Å². The van der Waals surface area contributed by atoms with Gasteiger partial charge < -0.3 is 61.1 Å². The highest BCUT2D eigenvalue weighted by Crippen LogP contribution is 2.25. The van der Waals surface area contributed by atoms with Crippen LogP contribution < -0.4 is 21.7 Å². The maximum absolute atomic E-state index is 15.1. The molecule has 0 bridgehead atoms. The summed E-state index contributed by atoms with van der Waals surface area (Å²) in [6.45, 7) is 31.7. The number of aliphatic hydroxyl groups excluding tert-OH is 1. The van der Waals surface area contributed by atoms with Gasteiger partial charge in [-0.2, -0.15) is 0 Å². The number of nitrogens with one attached hydrogen (secondary N) is 3. The van der Waals surface area contributed by atoms with Crippen molar-refractivity contribution in [2.45, 2.75) is 224 Å². The Morgan fingerprint density at radius 2 is 0.930 bits per heavy atom. The summed E-state index contributed by atoms with van der Waals surface area (Å²) in [4.78, 5) is 163. The van der Waals surface area contributed by atoms with E-state index in [0.717, 1.165) is 9.80 Å². The third-order valence-corrected chi connectivity index (χ3v) is 16.7. The molecule has 0 aliphatic carbocycles. The van der Waals surface area contributed by atoms with E-state index in [2.05, 4.69) is 16.0 Å². The van der Waals surface area contributed by atoms with Gasteiger partial charge in [-0.1, -0.05) is 122 Å². The zero-order valence-corrected chi connectivity index (χ0v) is 57.1. The molecule has 2 unspecified atom stereocenters. The molecule has 0 radical (unpaired) electrons. The van der Waals surface area contributed by atoms with Crippen molar-refractivity contribution in [2.24, 2.45) is 53.1 Å². The van der Waals surface area contributed by atoms with E-state index in [4.69, 9.17) is 5.73 Å². The third kappa shape index (κ3) is 22.9. The van der Waals surface area contributed by atoms with Crippen LogP contribution in [0.4, 0.5) is 0 Å². The zero-order chi connectivity index (χ0) is 67.3. The van der Waals surface area contributed by atoms with E-state index in [0.29, 0.717) is 12.8 Å². The monoisotopic (exact) mass is 1220 g/mol. The van der Waals surface area contributed by atoms with Crippen molar-refractivity contribution >= 4 is 65.0 Å². The molecule has 0 fully saturated rings. The Morgan fingerprint density at radius 1 is 0.465 bits per heavy atom. The molecule has 0 saturated carbocycles. The largest absolute Gasteiger partial charge is 0.390 e. The fourth-order valence-electron chi connectivity index (χ4n) is 10.4. The topological polar surface area (TPSA) is 293 Å². The van der Waals surface area contributed by atoms with E-state index in [-0.39, 0.29) is 67.1 Å². The van der Waals surface area contributed by atoms with Gasteiger partial charge in [0, 0.05) is 55.3 Å². The van der Waals surface area contributed by atoms with E-state index in [9.17, 15) is 48.3 Å². The molecule has 23 heteroatoms. The van der Waals surface area contributed by atoms with E-state index in [1.54, 1.807) is 74.6 Å². The number of carbonyl (C=O) groups is 11. The highest BCUT2D eigenvalue weighted by atomic mass is 16.3. The highest BCUT2D eigenvalue weighted by Gasteiger charge is 2.45. The Balaban J connectivity index is 7.15. The van der Waals surface area contributed by atoms with Gasteiger partial charge in [0.05, 0.1) is 12.6 Å². The Kier molecular flexibility index (Phi) is 34.3. The molecule has 0 aromatic heterocycles. The number of aliphatic hydroxyl groups is 1. The molecule has 11 amide bonds. The Hall–Kier alpha value is -6.13. The summed E-state index contributed by atoms with van der Waals surface area (Å²) in [7, 11) is 10.1. The van der Waals surface area contributed by atoms with Gasteiger partial charge in [-0.3, -0.25) is 52.7 Å². The molecule has 0 heterocycles. The number of primary amides is 1. The molecule has 23 nitrogen and oxygen atoms in total. The average Bonchev–Trinajstić information content (AvgIpc) is 3.53. The Labute approximate surface area is 516 Å². The lowest BCUT2D eigenvalue weighted by Crippen LogP contribution is -2.63. The van der Waals surface area contributed by atoms with Gasteiger partial charge in [-0.05, 0) is 94.3 Å². The van der Waals surface area contributed by atoms with Crippen LogP contribution in [0.25, 0.3) is 0 Å². The van der Waals surface area contributed by atoms with Crippen LogP contribution in [0.5, 0.6) is 0 Å². The molecule has 86 heavy (non-hydrogen) atoms. The summed E-state index contributed by atoms with van der Waals surface area (Å²) in [5.74, 6) is -8.80. The predicted molar refractivity (Wildman–Crippen MR) is 335 cm³/mol. The molecule has 0 rings (SSSR count). The second kappa shape index (κ2) is 36.9. The van der Waals surface area contributed by atoms with E-state index in [1.165, 1.54) is 73.7 Å². The number of likely N-dealkylation sites (N-methyl/N-ethyl adjacent to an activating group) is 7. The molecular formula is C63H115N11O12. The van der Waals surface area contributed by atoms with E-state index >= 15 is 9.59 Å². The van der Waals surface area contributed by atoms with Gasteiger partial charge in [-0.15, -0.1) is 0 Å². The molecule has 6 N–H and O–H groups in total. The maximum atomic E-state index is 15.1. The number of nitrogens with zero attached hydrogens (tertiary/aromatic N) is 7. The lowest BCUT2D eigenvalue weighted by Gasteiger charge is -2.41. The quantitative estimate of drug-likeness (QED) is 0.0559. The second-order valence-corrected chi connectivity index (χ2v) is 26.0. The second-order valence-electron chi connectivity index (χ2n) is 26.0. The number of hydrogen-bond donors (Lipinski definition) is 5. The van der Waals surface area contributed by atoms with Crippen molar-refractivity contribution in [3.05, 3.63) is 12.2 Å². The van der Waals surface area contributed by atoms with Gasteiger partial charge in [0.25, 0.3) is 0 Å². The number of nitrogens with two attached hydrogens (primary N) is 1. The van der Waals surface area contributed by atoms with Crippen molar-refractivity contribution in [2.75, 3.05) is 55.9 Å².